The van der Waals surface area contributed by atoms with Crippen LogP contribution in [-0.2, 0) is 4.79 Å². The molecule has 0 saturated carbocycles. The molecule has 0 saturated heterocycles. The van der Waals surface area contributed by atoms with Gasteiger partial charge in [-0.3, -0.25) is 14.9 Å². The van der Waals surface area contributed by atoms with E-state index in [0.29, 0.717) is 11.1 Å². The van der Waals surface area contributed by atoms with Gasteiger partial charge in [0.25, 0.3) is 5.91 Å². The molecule has 0 aliphatic rings. The minimum atomic E-state index is -0.590. The van der Waals surface area contributed by atoms with Gasteiger partial charge in [0, 0.05) is 6.07 Å². The number of carbonyl (C=O) groups is 1. The summed E-state index contributed by atoms with van der Waals surface area (Å²) >= 11 is 3.04. The Bertz CT molecular complexity index is 842. The lowest BCUT2D eigenvalue weighted by molar-refractivity contribution is -0.385. The predicted octanol–water partition coefficient (Wildman–Crippen LogP) is 3.33. The summed E-state index contributed by atoms with van der Waals surface area (Å²) in [5.74, 6) is -1.00. The molecule has 0 fully saturated rings. The summed E-state index contributed by atoms with van der Waals surface area (Å²) in [7, 11) is 0. The highest BCUT2D eigenvalue weighted by Gasteiger charge is 2.16. The van der Waals surface area contributed by atoms with Gasteiger partial charge in [-0.25, -0.2) is 9.82 Å². The van der Waals surface area contributed by atoms with Crippen LogP contribution in [-0.4, -0.2) is 23.7 Å². The van der Waals surface area contributed by atoms with Crippen molar-refractivity contribution in [2.75, 3.05) is 6.61 Å². The van der Waals surface area contributed by atoms with E-state index < -0.39 is 23.3 Å². The smallest absolute Gasteiger partial charge is 0.311 e. The molecule has 0 aliphatic carbocycles. The number of benzene rings is 2. The van der Waals surface area contributed by atoms with Gasteiger partial charge in [0.15, 0.2) is 12.4 Å². The minimum absolute atomic E-state index is 0.00260. The van der Waals surface area contributed by atoms with E-state index in [2.05, 4.69) is 26.5 Å². The Kier molecular flexibility index (Phi) is 6.18. The Labute approximate surface area is 150 Å². The monoisotopic (exact) mass is 409 g/mol. The first kappa shape index (κ1) is 18.5. The summed E-state index contributed by atoms with van der Waals surface area (Å²) in [4.78, 5) is 22.1. The summed E-state index contributed by atoms with van der Waals surface area (Å²) in [5.41, 5.74) is 3.29. The van der Waals surface area contributed by atoms with Crippen LogP contribution in [0.15, 0.2) is 46.0 Å². The quantitative estimate of drug-likeness (QED) is 0.449. The van der Waals surface area contributed by atoms with E-state index in [0.717, 1.165) is 0 Å². The van der Waals surface area contributed by atoms with Gasteiger partial charge in [-0.1, -0.05) is 12.1 Å². The number of rotatable bonds is 6. The molecule has 7 nitrogen and oxygen atoms in total. The molecule has 0 unspecified atom stereocenters. The van der Waals surface area contributed by atoms with Crippen molar-refractivity contribution in [3.8, 4) is 5.75 Å². The first-order valence-corrected chi connectivity index (χ1v) is 7.81. The van der Waals surface area contributed by atoms with E-state index in [1.807, 2.05) is 0 Å². The van der Waals surface area contributed by atoms with Gasteiger partial charge in [0.1, 0.15) is 5.82 Å². The van der Waals surface area contributed by atoms with Gasteiger partial charge < -0.3 is 4.74 Å². The number of hydrogen-bond donors (Lipinski definition) is 1. The molecule has 9 heteroatoms. The van der Waals surface area contributed by atoms with Gasteiger partial charge in [0.2, 0.25) is 0 Å². The second-order valence-corrected chi connectivity index (χ2v) is 5.84. The molecule has 130 valence electrons. The Hall–Kier alpha value is -2.81. The average molecular weight is 410 g/mol. The van der Waals surface area contributed by atoms with Gasteiger partial charge in [0.05, 0.1) is 15.6 Å². The van der Waals surface area contributed by atoms with Crippen molar-refractivity contribution in [1.29, 1.82) is 0 Å². The summed E-state index contributed by atoms with van der Waals surface area (Å²) in [6.45, 7) is 1.28. The van der Waals surface area contributed by atoms with E-state index in [9.17, 15) is 19.3 Å². The van der Waals surface area contributed by atoms with Crippen molar-refractivity contribution in [1.82, 2.24) is 5.43 Å². The van der Waals surface area contributed by atoms with E-state index in [4.69, 9.17) is 4.74 Å². The molecule has 1 amide bonds. The topological polar surface area (TPSA) is 93.8 Å². The highest BCUT2D eigenvalue weighted by atomic mass is 79.9. The first-order valence-electron chi connectivity index (χ1n) is 7.01. The number of halogens is 2. The molecule has 2 aromatic carbocycles. The standard InChI is InChI=1S/C16H13BrFN3O4/c1-10-2-5-15(14(6-10)21(23)24)25-9-16(22)20-19-8-11-3-4-13(18)12(17)7-11/h2-8H,9H2,1H3,(H,20,22)/b19-8-. The summed E-state index contributed by atoms with van der Waals surface area (Å²) in [6, 6.07) is 8.68. The normalized spacial score (nSPS) is 10.7. The molecule has 0 radical (unpaired) electrons. The van der Waals surface area contributed by atoms with Crippen LogP contribution in [0.25, 0.3) is 0 Å². The molecule has 2 rings (SSSR count). The van der Waals surface area contributed by atoms with E-state index in [-0.39, 0.29) is 15.9 Å². The molecular formula is C16H13BrFN3O4. The molecule has 25 heavy (non-hydrogen) atoms. The lowest BCUT2D eigenvalue weighted by Crippen LogP contribution is -2.24. The SMILES string of the molecule is Cc1ccc(OCC(=O)N/N=C\c2ccc(F)c(Br)c2)c([N+](=O)[O-])c1. The van der Waals surface area contributed by atoms with Gasteiger partial charge >= 0.3 is 5.69 Å². The number of nitrogens with zero attached hydrogens (tertiary/aromatic N) is 2. The Morgan fingerprint density at radius 3 is 2.84 bits per heavy atom. The van der Waals surface area contributed by atoms with Crippen LogP contribution in [0.5, 0.6) is 5.75 Å². The molecule has 0 aromatic heterocycles. The fourth-order valence-corrected chi connectivity index (χ4v) is 2.24. The van der Waals surface area contributed by atoms with Crippen LogP contribution < -0.4 is 10.2 Å². The number of ether oxygens (including phenoxy) is 1. The van der Waals surface area contributed by atoms with Crippen molar-refractivity contribution in [3.05, 3.63) is 67.9 Å². The largest absolute Gasteiger partial charge is 0.477 e. The van der Waals surface area contributed by atoms with Crippen molar-refractivity contribution < 1.29 is 18.8 Å². The van der Waals surface area contributed by atoms with Crippen LogP contribution in [0.3, 0.4) is 0 Å². The number of aryl methyl sites for hydroxylation is 1. The van der Waals surface area contributed by atoms with Crippen LogP contribution in [0.1, 0.15) is 11.1 Å². The Morgan fingerprint density at radius 1 is 1.40 bits per heavy atom. The van der Waals surface area contributed by atoms with Crippen LogP contribution in [0.2, 0.25) is 0 Å². The highest BCUT2D eigenvalue weighted by molar-refractivity contribution is 9.10. The van der Waals surface area contributed by atoms with Crippen molar-refractivity contribution in [2.24, 2.45) is 5.10 Å². The molecular weight excluding hydrogens is 397 g/mol. The Morgan fingerprint density at radius 2 is 2.16 bits per heavy atom. The third-order valence-corrected chi connectivity index (χ3v) is 3.62. The maximum atomic E-state index is 13.1. The zero-order chi connectivity index (χ0) is 18.4. The average Bonchev–Trinajstić information content (AvgIpc) is 2.56. The number of nitrogens with one attached hydrogen (secondary N) is 1. The molecule has 2 aromatic rings. The number of nitro groups is 1. The second-order valence-electron chi connectivity index (χ2n) is 4.98. The molecule has 0 atom stereocenters. The maximum Gasteiger partial charge on any atom is 0.311 e. The Balaban J connectivity index is 1.92. The third-order valence-electron chi connectivity index (χ3n) is 3.02. The first-order chi connectivity index (χ1) is 11.9. The zero-order valence-corrected chi connectivity index (χ0v) is 14.6. The van der Waals surface area contributed by atoms with Crippen LogP contribution >= 0.6 is 15.9 Å². The number of nitro benzene ring substituents is 1. The molecule has 0 bridgehead atoms. The van der Waals surface area contributed by atoms with Gasteiger partial charge in [-0.05, 0) is 52.2 Å². The number of hydrogen-bond acceptors (Lipinski definition) is 5. The van der Waals surface area contributed by atoms with Crippen molar-refractivity contribution >= 4 is 33.7 Å². The van der Waals surface area contributed by atoms with Crippen LogP contribution in [0, 0.1) is 22.9 Å². The van der Waals surface area contributed by atoms with E-state index in [1.54, 1.807) is 13.0 Å². The molecule has 0 spiro atoms. The van der Waals surface area contributed by atoms with Crippen molar-refractivity contribution in [2.45, 2.75) is 6.92 Å². The molecule has 0 aliphatic heterocycles. The number of hydrazone groups is 1. The lowest BCUT2D eigenvalue weighted by atomic mass is 10.2. The third kappa shape index (κ3) is 5.35. The van der Waals surface area contributed by atoms with E-state index >= 15 is 0 Å². The maximum absolute atomic E-state index is 13.1. The summed E-state index contributed by atoms with van der Waals surface area (Å²) < 4.78 is 18.5. The summed E-state index contributed by atoms with van der Waals surface area (Å²) in [5, 5.41) is 14.7. The molecule has 0 heterocycles. The zero-order valence-electron chi connectivity index (χ0n) is 13.0. The fraction of sp³-hybridized carbons (Fsp3) is 0.125. The van der Waals surface area contributed by atoms with Crippen molar-refractivity contribution in [3.63, 3.8) is 0 Å². The van der Waals surface area contributed by atoms with Gasteiger partial charge in [-0.2, -0.15) is 5.10 Å². The number of carbonyl (C=O) groups excluding carboxylic acids is 1. The number of amides is 1. The fourth-order valence-electron chi connectivity index (χ4n) is 1.84. The van der Waals surface area contributed by atoms with E-state index in [1.165, 1.54) is 36.5 Å². The van der Waals surface area contributed by atoms with Gasteiger partial charge in [-0.15, -0.1) is 0 Å². The molecule has 1 N–H and O–H groups in total. The minimum Gasteiger partial charge on any atom is -0.477 e. The highest BCUT2D eigenvalue weighted by Crippen LogP contribution is 2.27. The lowest BCUT2D eigenvalue weighted by Gasteiger charge is -2.06. The van der Waals surface area contributed by atoms with Crippen LogP contribution in [0.4, 0.5) is 10.1 Å². The predicted molar refractivity (Wildman–Crippen MR) is 93.2 cm³/mol. The second kappa shape index (κ2) is 8.34. The summed E-state index contributed by atoms with van der Waals surface area (Å²) in [6.07, 6.45) is 1.33.